The smallest absolute Gasteiger partial charge is 0.265 e. The highest BCUT2D eigenvalue weighted by Gasteiger charge is 2.26. The summed E-state index contributed by atoms with van der Waals surface area (Å²) in [5.74, 6) is -0.196. The highest BCUT2D eigenvalue weighted by Crippen LogP contribution is 2.27. The molecular weight excluding hydrogens is 380 g/mol. The van der Waals surface area contributed by atoms with Crippen LogP contribution in [0.15, 0.2) is 29.2 Å². The summed E-state index contributed by atoms with van der Waals surface area (Å²) in [4.78, 5) is 14.7. The van der Waals surface area contributed by atoms with E-state index in [4.69, 9.17) is 0 Å². The summed E-state index contributed by atoms with van der Waals surface area (Å²) in [6, 6.07) is 6.88. The first-order chi connectivity index (χ1) is 12.8. The van der Waals surface area contributed by atoms with Crippen molar-refractivity contribution in [2.75, 3.05) is 18.4 Å². The predicted octanol–water partition coefficient (Wildman–Crippen LogP) is 4.35. The Morgan fingerprint density at radius 1 is 1.15 bits per heavy atom. The first-order valence-electron chi connectivity index (χ1n) is 9.34. The van der Waals surface area contributed by atoms with Crippen LogP contribution in [-0.2, 0) is 16.4 Å². The molecule has 2 aromatic rings. The third kappa shape index (κ3) is 4.25. The van der Waals surface area contributed by atoms with Crippen LogP contribution in [0.4, 0.5) is 5.69 Å². The largest absolute Gasteiger partial charge is 0.321 e. The summed E-state index contributed by atoms with van der Waals surface area (Å²) in [5, 5.41) is 2.90. The Hall–Kier alpha value is -1.70. The van der Waals surface area contributed by atoms with Crippen LogP contribution in [-0.4, -0.2) is 31.7 Å². The zero-order chi connectivity index (χ0) is 19.6. The zero-order valence-corrected chi connectivity index (χ0v) is 17.7. The molecule has 0 spiro atoms. The predicted molar refractivity (Wildman–Crippen MR) is 110 cm³/mol. The number of carbonyl (C=O) groups excluding carboxylic acids is 1. The average molecular weight is 407 g/mol. The molecular formula is C20H26N2O3S2. The van der Waals surface area contributed by atoms with Gasteiger partial charge in [-0.05, 0) is 62.4 Å². The van der Waals surface area contributed by atoms with Crippen LogP contribution in [0, 0.1) is 13.8 Å². The lowest BCUT2D eigenvalue weighted by atomic mass is 10.2. The molecule has 1 aliphatic rings. The Kier molecular flexibility index (Phi) is 6.03. The number of thiophene rings is 1. The van der Waals surface area contributed by atoms with Gasteiger partial charge < -0.3 is 5.32 Å². The van der Waals surface area contributed by atoms with Crippen LogP contribution >= 0.6 is 11.3 Å². The van der Waals surface area contributed by atoms with E-state index in [0.717, 1.165) is 36.1 Å². The van der Waals surface area contributed by atoms with Crippen LogP contribution in [0.3, 0.4) is 0 Å². The minimum absolute atomic E-state index is 0.196. The molecule has 1 fully saturated rings. The summed E-state index contributed by atoms with van der Waals surface area (Å²) < 4.78 is 27.4. The van der Waals surface area contributed by atoms with Crippen LogP contribution in [0.1, 0.15) is 51.9 Å². The first kappa shape index (κ1) is 20.0. The Morgan fingerprint density at radius 3 is 2.48 bits per heavy atom. The van der Waals surface area contributed by atoms with Crippen molar-refractivity contribution in [1.29, 1.82) is 0 Å². The second kappa shape index (κ2) is 8.12. The molecule has 1 N–H and O–H groups in total. The van der Waals surface area contributed by atoms with Crippen LogP contribution in [0.5, 0.6) is 0 Å². The monoisotopic (exact) mass is 406 g/mol. The topological polar surface area (TPSA) is 66.5 Å². The van der Waals surface area contributed by atoms with E-state index >= 15 is 0 Å². The van der Waals surface area contributed by atoms with Gasteiger partial charge in [-0.2, -0.15) is 4.31 Å². The zero-order valence-electron chi connectivity index (χ0n) is 16.0. The molecule has 2 heterocycles. The SMILES string of the molecule is CCc1cc(C(=O)Nc2cc(S(=O)(=O)N3CCCCC3)ccc2C)sc1C. The molecule has 0 radical (unpaired) electrons. The summed E-state index contributed by atoms with van der Waals surface area (Å²) in [7, 11) is -3.52. The van der Waals surface area contributed by atoms with E-state index < -0.39 is 10.0 Å². The summed E-state index contributed by atoms with van der Waals surface area (Å²) in [6.07, 6.45) is 3.75. The van der Waals surface area contributed by atoms with Crippen molar-refractivity contribution in [3.63, 3.8) is 0 Å². The van der Waals surface area contributed by atoms with Crippen LogP contribution in [0.2, 0.25) is 0 Å². The fourth-order valence-corrected chi connectivity index (χ4v) is 5.87. The summed E-state index contributed by atoms with van der Waals surface area (Å²) in [5.41, 5.74) is 2.55. The van der Waals surface area contributed by atoms with E-state index in [2.05, 4.69) is 12.2 Å². The van der Waals surface area contributed by atoms with Gasteiger partial charge in [-0.1, -0.05) is 19.4 Å². The maximum absolute atomic E-state index is 12.9. The molecule has 1 aliphatic heterocycles. The van der Waals surface area contributed by atoms with Crippen molar-refractivity contribution in [2.24, 2.45) is 0 Å². The minimum atomic E-state index is -3.52. The summed E-state index contributed by atoms with van der Waals surface area (Å²) in [6.45, 7) is 7.07. The number of sulfonamides is 1. The molecule has 1 aromatic carbocycles. The van der Waals surface area contributed by atoms with Gasteiger partial charge in [0.2, 0.25) is 10.0 Å². The number of hydrogen-bond donors (Lipinski definition) is 1. The lowest BCUT2D eigenvalue weighted by Gasteiger charge is -2.26. The number of benzene rings is 1. The lowest BCUT2D eigenvalue weighted by molar-refractivity contribution is 0.103. The lowest BCUT2D eigenvalue weighted by Crippen LogP contribution is -2.35. The van der Waals surface area contributed by atoms with Crippen molar-refractivity contribution < 1.29 is 13.2 Å². The van der Waals surface area contributed by atoms with Gasteiger partial charge in [0.25, 0.3) is 5.91 Å². The normalized spacial score (nSPS) is 15.7. The number of carbonyl (C=O) groups is 1. The molecule has 7 heteroatoms. The van der Waals surface area contributed by atoms with Gasteiger partial charge in [-0.25, -0.2) is 8.42 Å². The Labute approximate surface area is 165 Å². The van der Waals surface area contributed by atoms with E-state index in [1.54, 1.807) is 22.5 Å². The van der Waals surface area contributed by atoms with Gasteiger partial charge in [-0.3, -0.25) is 4.79 Å². The van der Waals surface area contributed by atoms with E-state index in [-0.39, 0.29) is 10.8 Å². The molecule has 0 aliphatic carbocycles. The van der Waals surface area contributed by atoms with Gasteiger partial charge in [-0.15, -0.1) is 11.3 Å². The van der Waals surface area contributed by atoms with Crippen LogP contribution < -0.4 is 5.32 Å². The highest BCUT2D eigenvalue weighted by molar-refractivity contribution is 7.89. The Balaban J connectivity index is 1.85. The molecule has 5 nitrogen and oxygen atoms in total. The molecule has 1 amide bonds. The molecule has 27 heavy (non-hydrogen) atoms. The maximum Gasteiger partial charge on any atom is 0.265 e. The maximum atomic E-state index is 12.9. The van der Waals surface area contributed by atoms with Crippen molar-refractivity contribution >= 4 is 33.0 Å². The number of nitrogens with zero attached hydrogens (tertiary/aromatic N) is 1. The van der Waals surface area contributed by atoms with E-state index in [9.17, 15) is 13.2 Å². The van der Waals surface area contributed by atoms with E-state index in [1.165, 1.54) is 16.9 Å². The number of anilines is 1. The van der Waals surface area contributed by atoms with Gasteiger partial charge in [0.1, 0.15) is 0 Å². The molecule has 1 aromatic heterocycles. The number of nitrogens with one attached hydrogen (secondary N) is 1. The molecule has 1 saturated heterocycles. The third-order valence-electron chi connectivity index (χ3n) is 5.04. The molecule has 0 saturated carbocycles. The van der Waals surface area contributed by atoms with E-state index in [0.29, 0.717) is 23.7 Å². The van der Waals surface area contributed by atoms with Gasteiger partial charge in [0.05, 0.1) is 9.77 Å². The number of hydrogen-bond acceptors (Lipinski definition) is 4. The Morgan fingerprint density at radius 2 is 1.85 bits per heavy atom. The number of amides is 1. The second-order valence-corrected chi connectivity index (χ2v) is 10.1. The van der Waals surface area contributed by atoms with Gasteiger partial charge in [0.15, 0.2) is 0 Å². The minimum Gasteiger partial charge on any atom is -0.321 e. The standard InChI is InChI=1S/C20H26N2O3S2/c1-4-16-12-19(26-15(16)3)20(23)21-18-13-17(9-8-14(18)2)27(24,25)22-10-6-5-7-11-22/h8-9,12-13H,4-7,10-11H2,1-3H3,(H,21,23). The van der Waals surface area contributed by atoms with E-state index in [1.807, 2.05) is 19.9 Å². The average Bonchev–Trinajstić information content (AvgIpc) is 3.05. The molecule has 3 rings (SSSR count). The van der Waals surface area contributed by atoms with Gasteiger partial charge in [0, 0.05) is 23.7 Å². The quantitative estimate of drug-likeness (QED) is 0.802. The second-order valence-electron chi connectivity index (χ2n) is 6.94. The van der Waals surface area contributed by atoms with Gasteiger partial charge >= 0.3 is 0 Å². The van der Waals surface area contributed by atoms with Crippen molar-refractivity contribution in [1.82, 2.24) is 4.31 Å². The number of piperidine rings is 1. The number of aryl methyl sites for hydroxylation is 3. The van der Waals surface area contributed by atoms with Crippen molar-refractivity contribution in [2.45, 2.75) is 51.3 Å². The molecule has 0 unspecified atom stereocenters. The first-order valence-corrected chi connectivity index (χ1v) is 11.6. The summed E-state index contributed by atoms with van der Waals surface area (Å²) >= 11 is 1.47. The fourth-order valence-electron chi connectivity index (χ4n) is 3.32. The van der Waals surface area contributed by atoms with Crippen LogP contribution in [0.25, 0.3) is 0 Å². The van der Waals surface area contributed by atoms with Crippen molar-refractivity contribution in [3.05, 3.63) is 45.1 Å². The molecule has 0 bridgehead atoms. The molecule has 0 atom stereocenters. The molecule has 146 valence electrons. The third-order valence-corrected chi connectivity index (χ3v) is 8.02. The highest BCUT2D eigenvalue weighted by atomic mass is 32.2. The Bertz CT molecular complexity index is 942. The number of rotatable bonds is 5. The fraction of sp³-hybridized carbons (Fsp3) is 0.450. The van der Waals surface area contributed by atoms with Crippen molar-refractivity contribution in [3.8, 4) is 0 Å².